The van der Waals surface area contributed by atoms with Crippen LogP contribution in [-0.4, -0.2) is 22.0 Å². The Bertz CT molecular complexity index is 938. The Labute approximate surface area is 147 Å². The second kappa shape index (κ2) is 7.56. The van der Waals surface area contributed by atoms with E-state index in [-0.39, 0.29) is 35.9 Å². The van der Waals surface area contributed by atoms with Gasteiger partial charge in [0, 0.05) is 17.5 Å². The van der Waals surface area contributed by atoms with Gasteiger partial charge in [-0.15, -0.1) is 0 Å². The van der Waals surface area contributed by atoms with E-state index in [0.29, 0.717) is 11.4 Å². The minimum Gasteiger partial charge on any atom is -0.426 e. The number of primary amides is 1. The van der Waals surface area contributed by atoms with Crippen LogP contribution >= 0.6 is 0 Å². The van der Waals surface area contributed by atoms with Crippen LogP contribution in [-0.2, 0) is 11.2 Å². The first-order valence-corrected chi connectivity index (χ1v) is 7.70. The molecular weight excluding hydrogens is 341 g/mol. The van der Waals surface area contributed by atoms with Gasteiger partial charge in [0.15, 0.2) is 0 Å². The number of nitrogens with two attached hydrogens (primary N) is 1. The smallest absolute Gasteiger partial charge is 0.311 e. The number of carbonyl (C=O) groups is 2. The van der Waals surface area contributed by atoms with Crippen molar-refractivity contribution >= 4 is 11.9 Å². The van der Waals surface area contributed by atoms with Crippen LogP contribution in [0.3, 0.4) is 0 Å². The van der Waals surface area contributed by atoms with Gasteiger partial charge in [-0.1, -0.05) is 11.2 Å². The quantitative estimate of drug-likeness (QED) is 0.538. The van der Waals surface area contributed by atoms with Crippen LogP contribution in [0.25, 0.3) is 11.4 Å². The summed E-state index contributed by atoms with van der Waals surface area (Å²) < 4.78 is 23.2. The molecule has 2 aromatic carbocycles. The molecule has 0 aliphatic heterocycles. The maximum absolute atomic E-state index is 12.9. The topological polar surface area (TPSA) is 108 Å². The zero-order valence-corrected chi connectivity index (χ0v) is 13.5. The van der Waals surface area contributed by atoms with Crippen molar-refractivity contribution in [1.82, 2.24) is 10.1 Å². The standard InChI is InChI=1S/C18H14FN3O4/c19-13-6-4-11(5-7-13)18-21-15(26-22-18)8-9-16(23)25-14-3-1-2-12(10-14)17(20)24/h1-7,10H,8-9H2,(H2,20,24). The average molecular weight is 355 g/mol. The van der Waals surface area contributed by atoms with Gasteiger partial charge in [-0.25, -0.2) is 4.39 Å². The van der Waals surface area contributed by atoms with Gasteiger partial charge in [0.25, 0.3) is 0 Å². The summed E-state index contributed by atoms with van der Waals surface area (Å²) in [7, 11) is 0. The number of aromatic nitrogens is 2. The molecule has 7 nitrogen and oxygen atoms in total. The first-order chi connectivity index (χ1) is 12.5. The predicted molar refractivity (Wildman–Crippen MR) is 88.6 cm³/mol. The minimum atomic E-state index is -0.609. The van der Waals surface area contributed by atoms with Crippen molar-refractivity contribution in [3.8, 4) is 17.1 Å². The van der Waals surface area contributed by atoms with Crippen LogP contribution in [0.2, 0.25) is 0 Å². The van der Waals surface area contributed by atoms with Crippen LogP contribution in [0, 0.1) is 5.82 Å². The summed E-state index contributed by atoms with van der Waals surface area (Å²) in [5, 5.41) is 3.80. The number of halogens is 1. The summed E-state index contributed by atoms with van der Waals surface area (Å²) in [4.78, 5) is 27.2. The molecule has 0 aliphatic rings. The Hall–Kier alpha value is -3.55. The van der Waals surface area contributed by atoms with Gasteiger partial charge in [-0.2, -0.15) is 4.98 Å². The molecule has 3 rings (SSSR count). The van der Waals surface area contributed by atoms with Crippen LogP contribution < -0.4 is 10.5 Å². The highest BCUT2D eigenvalue weighted by atomic mass is 19.1. The van der Waals surface area contributed by atoms with Crippen LogP contribution in [0.5, 0.6) is 5.75 Å². The number of amides is 1. The fourth-order valence-corrected chi connectivity index (χ4v) is 2.18. The molecule has 132 valence electrons. The van der Waals surface area contributed by atoms with Gasteiger partial charge < -0.3 is 15.0 Å². The normalized spacial score (nSPS) is 10.5. The first kappa shape index (κ1) is 17.3. The molecule has 8 heteroatoms. The van der Waals surface area contributed by atoms with Gasteiger partial charge in [0.1, 0.15) is 11.6 Å². The van der Waals surface area contributed by atoms with Crippen molar-refractivity contribution < 1.29 is 23.2 Å². The zero-order chi connectivity index (χ0) is 18.5. The summed E-state index contributed by atoms with van der Waals surface area (Å²) in [5.41, 5.74) is 6.03. The zero-order valence-electron chi connectivity index (χ0n) is 13.5. The molecule has 1 heterocycles. The highest BCUT2D eigenvalue weighted by molar-refractivity contribution is 5.93. The molecule has 0 unspecified atom stereocenters. The summed E-state index contributed by atoms with van der Waals surface area (Å²) >= 11 is 0. The highest BCUT2D eigenvalue weighted by Gasteiger charge is 2.12. The lowest BCUT2D eigenvalue weighted by Gasteiger charge is -2.04. The molecule has 1 aromatic heterocycles. The lowest BCUT2D eigenvalue weighted by atomic mass is 10.2. The molecule has 0 saturated heterocycles. The van der Waals surface area contributed by atoms with Gasteiger partial charge in [-0.3, -0.25) is 9.59 Å². The SMILES string of the molecule is NC(=O)c1cccc(OC(=O)CCc2nc(-c3ccc(F)cc3)no2)c1. The molecule has 3 aromatic rings. The molecule has 0 saturated carbocycles. The molecule has 2 N–H and O–H groups in total. The number of benzene rings is 2. The van der Waals surface area contributed by atoms with E-state index in [1.54, 1.807) is 12.1 Å². The number of hydrogen-bond donors (Lipinski definition) is 1. The third-order valence-corrected chi connectivity index (χ3v) is 3.46. The Kier molecular flexibility index (Phi) is 5.02. The Morgan fingerprint density at radius 3 is 2.65 bits per heavy atom. The number of rotatable bonds is 6. The number of hydrogen-bond acceptors (Lipinski definition) is 6. The van der Waals surface area contributed by atoms with Crippen LogP contribution in [0.15, 0.2) is 53.1 Å². The van der Waals surface area contributed by atoms with E-state index in [0.717, 1.165) is 0 Å². The lowest BCUT2D eigenvalue weighted by Crippen LogP contribution is -2.12. The van der Waals surface area contributed by atoms with Gasteiger partial charge >= 0.3 is 5.97 Å². The molecular formula is C18H14FN3O4. The lowest BCUT2D eigenvalue weighted by molar-refractivity contribution is -0.134. The fraction of sp³-hybridized carbons (Fsp3) is 0.111. The highest BCUT2D eigenvalue weighted by Crippen LogP contribution is 2.17. The monoisotopic (exact) mass is 355 g/mol. The van der Waals surface area contributed by atoms with E-state index in [2.05, 4.69) is 10.1 Å². The molecule has 0 aliphatic carbocycles. The Morgan fingerprint density at radius 1 is 1.15 bits per heavy atom. The molecule has 0 fully saturated rings. The number of ether oxygens (including phenoxy) is 1. The second-order valence-electron chi connectivity index (χ2n) is 5.38. The summed E-state index contributed by atoms with van der Waals surface area (Å²) in [6, 6.07) is 11.7. The van der Waals surface area contributed by atoms with Crippen molar-refractivity contribution in [2.45, 2.75) is 12.8 Å². The van der Waals surface area contributed by atoms with Crippen LogP contribution in [0.4, 0.5) is 4.39 Å². The summed E-state index contributed by atoms with van der Waals surface area (Å²) in [6.45, 7) is 0. The van der Waals surface area contributed by atoms with Crippen molar-refractivity contribution in [2.24, 2.45) is 5.73 Å². The third-order valence-electron chi connectivity index (χ3n) is 3.46. The fourth-order valence-electron chi connectivity index (χ4n) is 2.18. The van der Waals surface area contributed by atoms with Gasteiger partial charge in [0.2, 0.25) is 17.6 Å². The minimum absolute atomic E-state index is 0.00580. The van der Waals surface area contributed by atoms with E-state index in [1.165, 1.54) is 36.4 Å². The van der Waals surface area contributed by atoms with E-state index in [1.807, 2.05) is 0 Å². The van der Waals surface area contributed by atoms with Crippen molar-refractivity contribution in [2.75, 3.05) is 0 Å². The number of nitrogens with zero attached hydrogens (tertiary/aromatic N) is 2. The maximum atomic E-state index is 12.9. The Morgan fingerprint density at radius 2 is 1.92 bits per heavy atom. The molecule has 1 amide bonds. The van der Waals surface area contributed by atoms with Gasteiger partial charge in [-0.05, 0) is 42.5 Å². The van der Waals surface area contributed by atoms with E-state index in [9.17, 15) is 14.0 Å². The maximum Gasteiger partial charge on any atom is 0.311 e. The number of carbonyl (C=O) groups excluding carboxylic acids is 2. The first-order valence-electron chi connectivity index (χ1n) is 7.70. The van der Waals surface area contributed by atoms with Crippen molar-refractivity contribution in [3.63, 3.8) is 0 Å². The number of aryl methyl sites for hydroxylation is 1. The average Bonchev–Trinajstić information content (AvgIpc) is 3.10. The Balaban J connectivity index is 1.57. The van der Waals surface area contributed by atoms with E-state index < -0.39 is 11.9 Å². The molecule has 26 heavy (non-hydrogen) atoms. The molecule has 0 radical (unpaired) electrons. The predicted octanol–water partition coefficient (Wildman–Crippen LogP) is 2.51. The summed E-state index contributed by atoms with van der Waals surface area (Å²) in [5.74, 6) is -0.700. The third kappa shape index (κ3) is 4.29. The van der Waals surface area contributed by atoms with E-state index in [4.69, 9.17) is 15.0 Å². The second-order valence-corrected chi connectivity index (χ2v) is 5.38. The van der Waals surface area contributed by atoms with Crippen molar-refractivity contribution in [1.29, 1.82) is 0 Å². The molecule has 0 spiro atoms. The molecule has 0 atom stereocenters. The van der Waals surface area contributed by atoms with E-state index >= 15 is 0 Å². The largest absolute Gasteiger partial charge is 0.426 e. The summed E-state index contributed by atoms with van der Waals surface area (Å²) in [6.07, 6.45) is 0.189. The molecule has 0 bridgehead atoms. The van der Waals surface area contributed by atoms with Crippen LogP contribution in [0.1, 0.15) is 22.7 Å². The number of esters is 1. The van der Waals surface area contributed by atoms with Crippen molar-refractivity contribution in [3.05, 3.63) is 65.8 Å². The van der Waals surface area contributed by atoms with Gasteiger partial charge in [0.05, 0.1) is 6.42 Å².